The number of nitrogens with zero attached hydrogens (tertiary/aromatic N) is 2. The molecule has 0 aromatic heterocycles. The Hall–Kier alpha value is -0.130. The molecule has 150 valence electrons. The van der Waals surface area contributed by atoms with Gasteiger partial charge in [0.1, 0.15) is 25.7 Å². The number of hydrogen-bond acceptors (Lipinski definition) is 7. The predicted octanol–water partition coefficient (Wildman–Crippen LogP) is -2.79. The molecule has 8 nitrogen and oxygen atoms in total. The quantitative estimate of drug-likeness (QED) is 0.111. The number of aliphatic hydroxyl groups excluding tert-OH is 2. The Morgan fingerprint density at radius 2 is 2.07 bits per heavy atom. The van der Waals surface area contributed by atoms with Crippen molar-refractivity contribution < 1.29 is 62.0 Å². The zero-order chi connectivity index (χ0) is 19.6. The van der Waals surface area contributed by atoms with Crippen LogP contribution in [0.3, 0.4) is 0 Å². The van der Waals surface area contributed by atoms with Crippen molar-refractivity contribution >= 4 is 21.7 Å². The molecule has 0 spiro atoms. The van der Waals surface area contributed by atoms with E-state index in [0.717, 1.165) is 25.7 Å². The van der Waals surface area contributed by atoms with Crippen LogP contribution in [-0.4, -0.2) is 83.9 Å². The van der Waals surface area contributed by atoms with Crippen LogP contribution in [0.25, 0.3) is 0 Å². The van der Waals surface area contributed by atoms with Gasteiger partial charge in [-0.15, -0.1) is 0 Å². The van der Waals surface area contributed by atoms with Gasteiger partial charge in [-0.25, -0.2) is 13.4 Å². The van der Waals surface area contributed by atoms with Gasteiger partial charge in [0.05, 0.1) is 29.0 Å². The van der Waals surface area contributed by atoms with Gasteiger partial charge in [0.15, 0.2) is 0 Å². The molecule has 10 heteroatoms. The van der Waals surface area contributed by atoms with Crippen molar-refractivity contribution in [1.29, 1.82) is 0 Å². The summed E-state index contributed by atoms with van der Waals surface area (Å²) in [7, 11) is -4.57. The number of carbonyl (C=O) groups excluding carboxylic acids is 1. The number of amidine groups is 1. The number of aliphatic imine (C=N–C) groups is 1. The summed E-state index contributed by atoms with van der Waals surface area (Å²) in [6.07, 6.45) is 6.63. The molecule has 0 saturated carbocycles. The molecule has 0 aromatic carbocycles. The van der Waals surface area contributed by atoms with Crippen molar-refractivity contribution in [3.63, 3.8) is 0 Å². The van der Waals surface area contributed by atoms with E-state index in [1.54, 1.807) is 0 Å². The Morgan fingerprint density at radius 3 is 2.67 bits per heavy atom. The Bertz CT molecular complexity index is 623. The second-order valence-corrected chi connectivity index (χ2v) is 8.12. The first-order valence-corrected chi connectivity index (χ1v) is 10.6. The summed E-state index contributed by atoms with van der Waals surface area (Å²) in [5.41, 5.74) is 0. The van der Waals surface area contributed by atoms with Gasteiger partial charge >= 0.3 is 29.6 Å². The molecule has 1 heterocycles. The average molecular weight is 413 g/mol. The maximum absolute atomic E-state index is 12.6. The summed E-state index contributed by atoms with van der Waals surface area (Å²) in [5, 5.41) is 19.4. The molecule has 0 amide bonds. The number of allylic oxidation sites excluding steroid dienone is 2. The van der Waals surface area contributed by atoms with Crippen LogP contribution in [0, 0.1) is 0 Å². The molecule has 0 aromatic rings. The zero-order valence-corrected chi connectivity index (χ0v) is 19.2. The third-order valence-electron chi connectivity index (χ3n) is 4.48. The van der Waals surface area contributed by atoms with Gasteiger partial charge in [-0.2, -0.15) is 0 Å². The number of aliphatic hydroxyl groups is 2. The second-order valence-electron chi connectivity index (χ2n) is 6.67. The zero-order valence-electron chi connectivity index (χ0n) is 16.3. The predicted molar refractivity (Wildman–Crippen MR) is 97.7 cm³/mol. The molecule has 2 N–H and O–H groups in total. The van der Waals surface area contributed by atoms with Crippen LogP contribution >= 0.6 is 0 Å². The monoisotopic (exact) mass is 413 g/mol. The second kappa shape index (κ2) is 13.2. The van der Waals surface area contributed by atoms with E-state index in [1.165, 1.54) is 0 Å². The van der Waals surface area contributed by atoms with Crippen LogP contribution in [0.5, 0.6) is 0 Å². The Morgan fingerprint density at radius 1 is 1.37 bits per heavy atom. The van der Waals surface area contributed by atoms with Crippen molar-refractivity contribution in [2.45, 2.75) is 45.1 Å². The average Bonchev–Trinajstić information content (AvgIpc) is 2.92. The summed E-state index contributed by atoms with van der Waals surface area (Å²) in [4.78, 5) is 16.9. The first-order chi connectivity index (χ1) is 12.2. The van der Waals surface area contributed by atoms with E-state index >= 15 is 0 Å². The Kier molecular flexibility index (Phi) is 13.1. The van der Waals surface area contributed by atoms with E-state index in [1.807, 2.05) is 13.0 Å². The normalized spacial score (nSPS) is 21.1. The van der Waals surface area contributed by atoms with Crippen molar-refractivity contribution in [3.05, 3.63) is 12.2 Å². The van der Waals surface area contributed by atoms with Gasteiger partial charge < -0.3 is 14.8 Å². The molecular weight excluding hydrogens is 383 g/mol. The van der Waals surface area contributed by atoms with Gasteiger partial charge in [0.25, 0.3) is 5.84 Å². The summed E-state index contributed by atoms with van der Waals surface area (Å²) < 4.78 is 32.5. The molecule has 0 fully saturated rings. The largest absolute Gasteiger partial charge is 1.00 e. The fraction of sp³-hybridized carbons (Fsp3) is 0.765. The number of carbonyl (C=O) groups is 1. The molecule has 2 atom stereocenters. The minimum absolute atomic E-state index is 0. The molecule has 1 aliphatic heterocycles. The fourth-order valence-electron chi connectivity index (χ4n) is 3.33. The maximum atomic E-state index is 12.6. The van der Waals surface area contributed by atoms with E-state index in [0.29, 0.717) is 19.5 Å². The van der Waals surface area contributed by atoms with Crippen LogP contribution < -0.4 is 29.6 Å². The van der Waals surface area contributed by atoms with Crippen LogP contribution in [0.15, 0.2) is 17.1 Å². The van der Waals surface area contributed by atoms with Crippen molar-refractivity contribution in [2.75, 3.05) is 38.5 Å². The summed E-state index contributed by atoms with van der Waals surface area (Å²) in [6.45, 7) is 2.55. The van der Waals surface area contributed by atoms with E-state index in [4.69, 9.17) is 0 Å². The van der Waals surface area contributed by atoms with Crippen molar-refractivity contribution in [3.8, 4) is 0 Å². The molecule has 27 heavy (non-hydrogen) atoms. The van der Waals surface area contributed by atoms with E-state index in [-0.39, 0.29) is 65.4 Å². The maximum Gasteiger partial charge on any atom is 1.00 e. The molecular formula is C17H30N2NaO6S+. The third kappa shape index (κ3) is 9.76. The minimum atomic E-state index is -4.57. The Labute approximate surface area is 184 Å². The van der Waals surface area contributed by atoms with E-state index in [9.17, 15) is 28.0 Å². The molecule has 2 unspecified atom stereocenters. The van der Waals surface area contributed by atoms with Crippen LogP contribution in [0.1, 0.15) is 39.0 Å². The first kappa shape index (κ1) is 26.9. The molecule has 0 bridgehead atoms. The van der Waals surface area contributed by atoms with Crippen LogP contribution in [-0.2, 0) is 14.9 Å². The number of ketones is 1. The fourth-order valence-corrected chi connectivity index (χ4v) is 3.91. The number of rotatable bonds is 13. The van der Waals surface area contributed by atoms with Crippen LogP contribution in [0.4, 0.5) is 0 Å². The topological polar surface area (TPSA) is 127 Å². The summed E-state index contributed by atoms with van der Waals surface area (Å²) >= 11 is 0. The Balaban J connectivity index is 0.00000676. The third-order valence-corrected chi connectivity index (χ3v) is 5.28. The van der Waals surface area contributed by atoms with Crippen LogP contribution in [0.2, 0.25) is 0 Å². The van der Waals surface area contributed by atoms with E-state index < -0.39 is 22.0 Å². The molecule has 0 radical (unpaired) electrons. The van der Waals surface area contributed by atoms with Crippen molar-refractivity contribution in [2.24, 2.45) is 4.99 Å². The van der Waals surface area contributed by atoms with Gasteiger partial charge in [0, 0.05) is 6.42 Å². The summed E-state index contributed by atoms with van der Waals surface area (Å²) in [6, 6.07) is 0. The number of unbranched alkanes of at least 4 members (excludes halogenated alkanes) is 3. The summed E-state index contributed by atoms with van der Waals surface area (Å²) in [5.74, 6) is -0.779. The number of Topliss-reactive ketones (excluding diaryl/α,β-unsaturated/α-hetero) is 1. The molecule has 0 aliphatic carbocycles. The molecule has 0 saturated heterocycles. The first-order valence-electron chi connectivity index (χ1n) is 9.02. The minimum Gasteiger partial charge on any atom is -0.748 e. The number of quaternary nitrogens is 1. The van der Waals surface area contributed by atoms with Gasteiger partial charge in [-0.3, -0.25) is 9.28 Å². The SMILES string of the molecule is C/C=C/CCCCCC(=O)C1=NCC[N+]1(CCO)CC(O)CS(=O)(=O)[O-].[Na+]. The van der Waals surface area contributed by atoms with Gasteiger partial charge in [0.2, 0.25) is 5.78 Å². The van der Waals surface area contributed by atoms with Gasteiger partial charge in [-0.05, 0) is 26.2 Å². The van der Waals surface area contributed by atoms with E-state index in [2.05, 4.69) is 11.1 Å². The molecule has 1 aliphatic rings. The smallest absolute Gasteiger partial charge is 0.748 e. The van der Waals surface area contributed by atoms with Gasteiger partial charge in [-0.1, -0.05) is 18.6 Å². The number of hydrogen-bond donors (Lipinski definition) is 2. The standard InChI is InChI=1S/C17H30N2O6S.Na/c1-2-3-4-5-6-7-8-16(22)17-18-9-10-19(17,11-12-20)13-15(21)14-26(23,24)25;/h2-3,15,20-21H,4-14H2,1H3;/q;+1/b3-2+;. The van der Waals surface area contributed by atoms with Crippen molar-refractivity contribution in [1.82, 2.24) is 0 Å². The molecule has 1 rings (SSSR count).